The number of nitrogens with zero attached hydrogens (tertiary/aromatic N) is 2. The topological polar surface area (TPSA) is 143 Å². The Morgan fingerprint density at radius 3 is 2.59 bits per heavy atom. The number of nitrogens with one attached hydrogen (secondary N) is 2. The summed E-state index contributed by atoms with van der Waals surface area (Å²) in [6.45, 7) is -0.219. The van der Waals surface area contributed by atoms with Gasteiger partial charge in [0.2, 0.25) is 11.5 Å². The number of hydrogen-bond acceptors (Lipinski definition) is 6. The fourth-order valence-electron chi connectivity index (χ4n) is 4.39. The summed E-state index contributed by atoms with van der Waals surface area (Å²) < 4.78 is 62.7. The number of amides is 2. The van der Waals surface area contributed by atoms with Crippen LogP contribution < -0.4 is 15.8 Å². The fraction of sp³-hybridized carbons (Fsp3) is 0.231. The number of pyridine rings is 1. The third-order valence-corrected chi connectivity index (χ3v) is 6.83. The summed E-state index contributed by atoms with van der Waals surface area (Å²) in [6.07, 6.45) is -4.00. The number of aromatic amines is 1. The number of rotatable bonds is 6. The standard InChI is InChI=1S/C26H21F4N5O4/c1-24(23(31)37)11-39-21-16(24)9-18(35-19(21)13-5-7-14(27)8-6-13)25(38,26(28,29)30)10-32-22(36)15-3-2-4-17-20(15)34-12-33-17/h2-9,12,38H,10-11H2,1H3,(H2,31,37)(H,32,36)(H,33,34)/t24-,25-/m0/s1. The van der Waals surface area contributed by atoms with Crippen molar-refractivity contribution >= 4 is 22.8 Å². The molecule has 0 aliphatic carbocycles. The van der Waals surface area contributed by atoms with Gasteiger partial charge in [0.15, 0.2) is 0 Å². The molecule has 39 heavy (non-hydrogen) atoms. The lowest BCUT2D eigenvalue weighted by atomic mass is 9.81. The van der Waals surface area contributed by atoms with Crippen molar-refractivity contribution in [3.63, 3.8) is 0 Å². The molecular weight excluding hydrogens is 522 g/mol. The van der Waals surface area contributed by atoms with E-state index in [2.05, 4.69) is 20.3 Å². The third-order valence-electron chi connectivity index (χ3n) is 6.83. The normalized spacial score (nSPS) is 18.3. The Morgan fingerprint density at radius 2 is 1.92 bits per heavy atom. The molecule has 4 aromatic rings. The second-order valence-corrected chi connectivity index (χ2v) is 9.37. The number of fused-ring (bicyclic) bond motifs is 2. The van der Waals surface area contributed by atoms with Crippen LogP contribution in [-0.4, -0.2) is 51.2 Å². The van der Waals surface area contributed by atoms with E-state index in [1.54, 1.807) is 6.07 Å². The number of carbonyl (C=O) groups is 2. The molecule has 1 aliphatic rings. The van der Waals surface area contributed by atoms with Crippen molar-refractivity contribution < 1.29 is 37.0 Å². The van der Waals surface area contributed by atoms with Crippen molar-refractivity contribution in [3.8, 4) is 17.0 Å². The number of halogens is 4. The van der Waals surface area contributed by atoms with Gasteiger partial charge in [0, 0.05) is 11.1 Å². The van der Waals surface area contributed by atoms with Gasteiger partial charge in [-0.2, -0.15) is 13.2 Å². The first-order valence-electron chi connectivity index (χ1n) is 11.6. The van der Waals surface area contributed by atoms with Crippen molar-refractivity contribution in [2.24, 2.45) is 5.73 Å². The number of H-pyrrole nitrogens is 1. The lowest BCUT2D eigenvalue weighted by molar-refractivity contribution is -0.265. The number of nitrogens with two attached hydrogens (primary N) is 1. The van der Waals surface area contributed by atoms with Crippen molar-refractivity contribution in [3.05, 3.63) is 77.5 Å². The number of para-hydroxylation sites is 1. The molecule has 13 heteroatoms. The van der Waals surface area contributed by atoms with Crippen LogP contribution >= 0.6 is 0 Å². The number of carbonyl (C=O) groups excluding carboxylic acids is 2. The highest BCUT2D eigenvalue weighted by atomic mass is 19.4. The number of aliphatic hydroxyl groups is 1. The predicted octanol–water partition coefficient (Wildman–Crippen LogP) is 3.08. The molecule has 2 atom stereocenters. The van der Waals surface area contributed by atoms with Crippen LogP contribution in [0, 0.1) is 5.82 Å². The molecule has 2 aromatic heterocycles. The Bertz CT molecular complexity index is 1600. The van der Waals surface area contributed by atoms with Crippen LogP contribution in [0.15, 0.2) is 54.9 Å². The molecular formula is C26H21F4N5O4. The van der Waals surface area contributed by atoms with Crippen LogP contribution in [0.25, 0.3) is 22.3 Å². The van der Waals surface area contributed by atoms with Gasteiger partial charge < -0.3 is 25.9 Å². The van der Waals surface area contributed by atoms with E-state index >= 15 is 0 Å². The van der Waals surface area contributed by atoms with E-state index in [1.165, 1.54) is 37.5 Å². The summed E-state index contributed by atoms with van der Waals surface area (Å²) in [5.74, 6) is -2.42. The maximum atomic E-state index is 14.5. The molecule has 0 unspecified atom stereocenters. The summed E-state index contributed by atoms with van der Waals surface area (Å²) in [5.41, 5.74) is 0.0779. The van der Waals surface area contributed by atoms with Crippen LogP contribution in [0.3, 0.4) is 0 Å². The SMILES string of the molecule is C[C@]1(C(N)=O)COc2c1cc([C@@](O)(CNC(=O)c1cccc3[nH]cnc13)C(F)(F)F)nc2-c1ccc(F)cc1. The number of hydrogen-bond donors (Lipinski definition) is 4. The summed E-state index contributed by atoms with van der Waals surface area (Å²) in [4.78, 5) is 36.1. The summed E-state index contributed by atoms with van der Waals surface area (Å²) in [6, 6.07) is 10.1. The number of imidazole rings is 1. The van der Waals surface area contributed by atoms with Gasteiger partial charge in [0.05, 0.1) is 29.6 Å². The van der Waals surface area contributed by atoms with Crippen molar-refractivity contribution in [1.29, 1.82) is 0 Å². The molecule has 0 bridgehead atoms. The molecule has 3 heterocycles. The molecule has 5 N–H and O–H groups in total. The van der Waals surface area contributed by atoms with Gasteiger partial charge in [-0.1, -0.05) is 6.07 Å². The highest BCUT2D eigenvalue weighted by molar-refractivity contribution is 6.04. The van der Waals surface area contributed by atoms with Gasteiger partial charge >= 0.3 is 6.18 Å². The minimum absolute atomic E-state index is 0.0121. The van der Waals surface area contributed by atoms with Crippen LogP contribution in [-0.2, 0) is 15.8 Å². The van der Waals surface area contributed by atoms with Crippen molar-refractivity contribution in [2.75, 3.05) is 13.2 Å². The van der Waals surface area contributed by atoms with Crippen molar-refractivity contribution in [2.45, 2.75) is 24.1 Å². The highest BCUT2D eigenvalue weighted by Gasteiger charge is 2.57. The molecule has 5 rings (SSSR count). The molecule has 2 amide bonds. The van der Waals surface area contributed by atoms with Gasteiger partial charge in [0.25, 0.3) is 5.91 Å². The number of aromatic nitrogens is 3. The van der Waals surface area contributed by atoms with Gasteiger partial charge in [0.1, 0.15) is 34.8 Å². The highest BCUT2D eigenvalue weighted by Crippen LogP contribution is 2.47. The maximum Gasteiger partial charge on any atom is 0.424 e. The number of alkyl halides is 3. The van der Waals surface area contributed by atoms with E-state index in [-0.39, 0.29) is 40.3 Å². The van der Waals surface area contributed by atoms with Crippen LogP contribution in [0.4, 0.5) is 17.6 Å². The molecule has 9 nitrogen and oxygen atoms in total. The Kier molecular flexibility index (Phi) is 6.06. The summed E-state index contributed by atoms with van der Waals surface area (Å²) in [5, 5.41) is 13.2. The van der Waals surface area contributed by atoms with Crippen molar-refractivity contribution in [1.82, 2.24) is 20.3 Å². The second-order valence-electron chi connectivity index (χ2n) is 9.37. The zero-order valence-corrected chi connectivity index (χ0v) is 20.3. The number of benzene rings is 2. The molecule has 2 aromatic carbocycles. The smallest absolute Gasteiger partial charge is 0.424 e. The molecule has 0 fully saturated rings. The van der Waals surface area contributed by atoms with E-state index < -0.39 is 47.1 Å². The lowest BCUT2D eigenvalue weighted by Gasteiger charge is -2.31. The lowest BCUT2D eigenvalue weighted by Crippen LogP contribution is -2.51. The molecule has 0 saturated carbocycles. The average Bonchev–Trinajstić information content (AvgIpc) is 3.52. The summed E-state index contributed by atoms with van der Waals surface area (Å²) in [7, 11) is 0. The van der Waals surface area contributed by atoms with E-state index in [0.717, 1.165) is 18.2 Å². The van der Waals surface area contributed by atoms with Gasteiger partial charge in [-0.3, -0.25) is 9.59 Å². The van der Waals surface area contributed by atoms with E-state index in [9.17, 15) is 32.3 Å². The van der Waals surface area contributed by atoms with Crippen LogP contribution in [0.2, 0.25) is 0 Å². The largest absolute Gasteiger partial charge is 0.489 e. The van der Waals surface area contributed by atoms with E-state index in [4.69, 9.17) is 10.5 Å². The first-order chi connectivity index (χ1) is 18.3. The van der Waals surface area contributed by atoms with Gasteiger partial charge in [-0.15, -0.1) is 0 Å². The zero-order valence-electron chi connectivity index (χ0n) is 20.3. The zero-order chi connectivity index (χ0) is 28.2. The van der Waals surface area contributed by atoms with Crippen LogP contribution in [0.1, 0.15) is 28.5 Å². The van der Waals surface area contributed by atoms with Gasteiger partial charge in [-0.25, -0.2) is 14.4 Å². The number of primary amides is 1. The molecule has 0 radical (unpaired) electrons. The second kappa shape index (κ2) is 9.05. The molecule has 0 saturated heterocycles. The predicted molar refractivity (Wildman–Crippen MR) is 130 cm³/mol. The summed E-state index contributed by atoms with van der Waals surface area (Å²) >= 11 is 0. The Balaban J connectivity index is 1.62. The van der Waals surface area contributed by atoms with E-state index in [1.807, 2.05) is 0 Å². The van der Waals surface area contributed by atoms with E-state index in [0.29, 0.717) is 5.52 Å². The minimum atomic E-state index is -5.33. The van der Waals surface area contributed by atoms with Gasteiger partial charge in [-0.05, 0) is 49.4 Å². The Hall–Kier alpha value is -4.52. The maximum absolute atomic E-state index is 14.5. The quantitative estimate of drug-likeness (QED) is 0.275. The monoisotopic (exact) mass is 543 g/mol. The Labute approximate surface area is 218 Å². The first kappa shape index (κ1) is 26.1. The Morgan fingerprint density at radius 1 is 1.21 bits per heavy atom. The third kappa shape index (κ3) is 4.24. The molecule has 1 aliphatic heterocycles. The molecule has 202 valence electrons. The first-order valence-corrected chi connectivity index (χ1v) is 11.6. The number of ether oxygens (including phenoxy) is 1. The average molecular weight is 543 g/mol. The minimum Gasteiger partial charge on any atom is -0.489 e. The molecule has 0 spiro atoms. The fourth-order valence-corrected chi connectivity index (χ4v) is 4.39. The van der Waals surface area contributed by atoms with Crippen LogP contribution in [0.5, 0.6) is 5.75 Å².